The molecule has 30 heavy (non-hydrogen) atoms. The van der Waals surface area contributed by atoms with Gasteiger partial charge in [0.2, 0.25) is 0 Å². The molecule has 0 unspecified atom stereocenters. The molecule has 1 heterocycles. The Hall–Kier alpha value is -2.78. The highest BCUT2D eigenvalue weighted by atomic mass is 79.9. The lowest BCUT2D eigenvalue weighted by molar-refractivity contribution is -0.136. The Morgan fingerprint density at radius 1 is 0.967 bits per heavy atom. The van der Waals surface area contributed by atoms with Crippen LogP contribution in [-0.4, -0.2) is 66.8 Å². The van der Waals surface area contributed by atoms with Crippen molar-refractivity contribution >= 4 is 39.3 Å². The number of amides is 3. The summed E-state index contributed by atoms with van der Waals surface area (Å²) in [6, 6.07) is 12.6. The van der Waals surface area contributed by atoms with Gasteiger partial charge in [-0.1, -0.05) is 22.0 Å². The summed E-state index contributed by atoms with van der Waals surface area (Å²) in [5.41, 5.74) is 0.880. The number of benzene rings is 2. The van der Waals surface area contributed by atoms with Crippen molar-refractivity contribution < 1.29 is 18.8 Å². The normalized spacial score (nSPS) is 14.3. The number of hydrogen-bond donors (Lipinski definition) is 2. The van der Waals surface area contributed by atoms with E-state index in [4.69, 9.17) is 0 Å². The third kappa shape index (κ3) is 6.11. The summed E-state index contributed by atoms with van der Waals surface area (Å²) in [5.74, 6) is -2.04. The van der Waals surface area contributed by atoms with Gasteiger partial charge in [-0.2, -0.15) is 0 Å². The number of carbonyl (C=O) groups is 3. The third-order valence-corrected chi connectivity index (χ3v) is 5.28. The number of carbonyl (C=O) groups excluding carboxylic acids is 3. The summed E-state index contributed by atoms with van der Waals surface area (Å²) < 4.78 is 14.2. The maximum atomic E-state index is 13.3. The number of nitrogens with one attached hydrogen (secondary N) is 2. The fourth-order valence-electron chi connectivity index (χ4n) is 3.11. The highest BCUT2D eigenvalue weighted by molar-refractivity contribution is 9.10. The monoisotopic (exact) mass is 476 g/mol. The lowest BCUT2D eigenvalue weighted by Gasteiger charge is -2.34. The van der Waals surface area contributed by atoms with Crippen molar-refractivity contribution in [1.29, 1.82) is 0 Å². The average molecular weight is 477 g/mol. The molecule has 3 amide bonds. The molecule has 1 fully saturated rings. The standard InChI is InChI=1S/C21H22BrFN4O3/c22-16-4-6-18(7-5-16)25-20(29)19(28)24-8-9-26-10-12-27(13-11-26)21(30)15-2-1-3-17(23)14-15/h1-7,14H,8-13H2,(H,24,28)(H,25,29). The Morgan fingerprint density at radius 3 is 2.33 bits per heavy atom. The molecule has 0 bridgehead atoms. The number of rotatable bonds is 5. The Balaban J connectivity index is 1.37. The third-order valence-electron chi connectivity index (χ3n) is 4.75. The Labute approximate surface area is 182 Å². The van der Waals surface area contributed by atoms with Gasteiger partial charge < -0.3 is 15.5 Å². The summed E-state index contributed by atoms with van der Waals surface area (Å²) in [5, 5.41) is 5.14. The van der Waals surface area contributed by atoms with Crippen LogP contribution in [0, 0.1) is 5.82 Å². The molecule has 0 radical (unpaired) electrons. The molecule has 3 rings (SSSR count). The van der Waals surface area contributed by atoms with Gasteiger partial charge in [0.1, 0.15) is 5.82 Å². The van der Waals surface area contributed by atoms with E-state index in [1.54, 1.807) is 35.2 Å². The molecule has 9 heteroatoms. The van der Waals surface area contributed by atoms with Crippen LogP contribution in [0.1, 0.15) is 10.4 Å². The summed E-state index contributed by atoms with van der Waals surface area (Å²) in [4.78, 5) is 40.1. The quantitative estimate of drug-likeness (QED) is 0.647. The van der Waals surface area contributed by atoms with Crippen molar-refractivity contribution in [2.45, 2.75) is 0 Å². The minimum Gasteiger partial charge on any atom is -0.347 e. The van der Waals surface area contributed by atoms with E-state index in [9.17, 15) is 18.8 Å². The van der Waals surface area contributed by atoms with Gasteiger partial charge in [0, 0.05) is 55.0 Å². The molecule has 1 saturated heterocycles. The fourth-order valence-corrected chi connectivity index (χ4v) is 3.37. The highest BCUT2D eigenvalue weighted by Crippen LogP contribution is 2.14. The van der Waals surface area contributed by atoms with Gasteiger partial charge in [-0.05, 0) is 42.5 Å². The second-order valence-electron chi connectivity index (χ2n) is 6.86. The molecule has 2 aromatic rings. The van der Waals surface area contributed by atoms with E-state index >= 15 is 0 Å². The van der Waals surface area contributed by atoms with Crippen molar-refractivity contribution in [3.63, 3.8) is 0 Å². The molecule has 0 spiro atoms. The van der Waals surface area contributed by atoms with Crippen LogP contribution in [0.5, 0.6) is 0 Å². The Kier molecular flexibility index (Phi) is 7.53. The van der Waals surface area contributed by atoms with E-state index in [1.165, 1.54) is 18.2 Å². The van der Waals surface area contributed by atoms with Crippen LogP contribution in [0.3, 0.4) is 0 Å². The van der Waals surface area contributed by atoms with E-state index in [-0.39, 0.29) is 5.91 Å². The van der Waals surface area contributed by atoms with Crippen molar-refractivity contribution in [2.75, 3.05) is 44.6 Å². The van der Waals surface area contributed by atoms with Crippen LogP contribution in [0.4, 0.5) is 10.1 Å². The van der Waals surface area contributed by atoms with Gasteiger partial charge >= 0.3 is 11.8 Å². The molecule has 0 saturated carbocycles. The first-order valence-electron chi connectivity index (χ1n) is 9.54. The summed E-state index contributed by atoms with van der Waals surface area (Å²) in [7, 11) is 0. The van der Waals surface area contributed by atoms with Crippen LogP contribution in [0.2, 0.25) is 0 Å². The van der Waals surface area contributed by atoms with Crippen LogP contribution < -0.4 is 10.6 Å². The zero-order chi connectivity index (χ0) is 21.5. The van der Waals surface area contributed by atoms with Gasteiger partial charge in [-0.3, -0.25) is 19.3 Å². The van der Waals surface area contributed by atoms with E-state index in [0.29, 0.717) is 50.5 Å². The Bertz CT molecular complexity index is 915. The minimum absolute atomic E-state index is 0.188. The van der Waals surface area contributed by atoms with Gasteiger partial charge in [0.15, 0.2) is 0 Å². The smallest absolute Gasteiger partial charge is 0.313 e. The summed E-state index contributed by atoms with van der Waals surface area (Å²) in [6.07, 6.45) is 0. The van der Waals surface area contributed by atoms with Crippen LogP contribution >= 0.6 is 15.9 Å². The molecule has 0 aromatic heterocycles. The molecule has 1 aliphatic heterocycles. The van der Waals surface area contributed by atoms with Gasteiger partial charge in [-0.15, -0.1) is 0 Å². The van der Waals surface area contributed by atoms with E-state index < -0.39 is 17.6 Å². The molecule has 1 aliphatic rings. The lowest BCUT2D eigenvalue weighted by Crippen LogP contribution is -2.50. The first-order valence-corrected chi connectivity index (χ1v) is 10.3. The summed E-state index contributed by atoms with van der Waals surface area (Å²) in [6.45, 7) is 3.22. The molecule has 158 valence electrons. The molecular formula is C21H22BrFN4O3. The largest absolute Gasteiger partial charge is 0.347 e. The summed E-state index contributed by atoms with van der Waals surface area (Å²) >= 11 is 3.31. The average Bonchev–Trinajstić information content (AvgIpc) is 2.75. The predicted molar refractivity (Wildman–Crippen MR) is 115 cm³/mol. The molecule has 0 aliphatic carbocycles. The van der Waals surface area contributed by atoms with E-state index in [1.807, 2.05) is 0 Å². The van der Waals surface area contributed by atoms with Crippen molar-refractivity contribution in [2.24, 2.45) is 0 Å². The SMILES string of the molecule is O=C(NCCN1CCN(C(=O)c2cccc(F)c2)CC1)C(=O)Nc1ccc(Br)cc1. The topological polar surface area (TPSA) is 81.8 Å². The number of hydrogen-bond acceptors (Lipinski definition) is 4. The molecule has 2 aromatic carbocycles. The second kappa shape index (κ2) is 10.3. The maximum Gasteiger partial charge on any atom is 0.313 e. The minimum atomic E-state index is -0.720. The molecular weight excluding hydrogens is 455 g/mol. The first-order chi connectivity index (χ1) is 14.4. The molecule has 2 N–H and O–H groups in total. The number of anilines is 1. The number of halogens is 2. The number of piperazine rings is 1. The van der Waals surface area contributed by atoms with E-state index in [2.05, 4.69) is 31.5 Å². The maximum absolute atomic E-state index is 13.3. The van der Waals surface area contributed by atoms with E-state index in [0.717, 1.165) is 4.47 Å². The Morgan fingerprint density at radius 2 is 1.67 bits per heavy atom. The van der Waals surface area contributed by atoms with Crippen molar-refractivity contribution in [3.05, 3.63) is 64.4 Å². The van der Waals surface area contributed by atoms with Crippen molar-refractivity contribution in [1.82, 2.24) is 15.1 Å². The van der Waals surface area contributed by atoms with Gasteiger partial charge in [0.25, 0.3) is 5.91 Å². The molecule has 7 nitrogen and oxygen atoms in total. The van der Waals surface area contributed by atoms with Gasteiger partial charge in [-0.25, -0.2) is 4.39 Å². The first kappa shape index (κ1) is 21.9. The van der Waals surface area contributed by atoms with Crippen LogP contribution in [0.25, 0.3) is 0 Å². The highest BCUT2D eigenvalue weighted by Gasteiger charge is 2.22. The van der Waals surface area contributed by atoms with Crippen LogP contribution in [-0.2, 0) is 9.59 Å². The number of nitrogens with zero attached hydrogens (tertiary/aromatic N) is 2. The van der Waals surface area contributed by atoms with Crippen molar-refractivity contribution in [3.8, 4) is 0 Å². The fraction of sp³-hybridized carbons (Fsp3) is 0.286. The van der Waals surface area contributed by atoms with Gasteiger partial charge in [0.05, 0.1) is 0 Å². The zero-order valence-electron chi connectivity index (χ0n) is 16.2. The second-order valence-corrected chi connectivity index (χ2v) is 7.78. The molecule has 0 atom stereocenters. The zero-order valence-corrected chi connectivity index (χ0v) is 17.8. The lowest BCUT2D eigenvalue weighted by atomic mass is 10.1. The predicted octanol–water partition coefficient (Wildman–Crippen LogP) is 2.10. The van der Waals surface area contributed by atoms with Crippen LogP contribution in [0.15, 0.2) is 53.0 Å².